The highest BCUT2D eigenvalue weighted by Gasteiger charge is 2.13. The number of nitrogens with zero attached hydrogens (tertiary/aromatic N) is 2. The van der Waals surface area contributed by atoms with Crippen molar-refractivity contribution in [3.05, 3.63) is 28.8 Å². The maximum absolute atomic E-state index is 5.94. The van der Waals surface area contributed by atoms with Crippen molar-refractivity contribution in [2.45, 2.75) is 13.8 Å². The van der Waals surface area contributed by atoms with Gasteiger partial charge in [-0.05, 0) is 31.5 Å². The Morgan fingerprint density at radius 2 is 2.12 bits per heavy atom. The third-order valence-corrected chi connectivity index (χ3v) is 3.55. The van der Waals surface area contributed by atoms with Gasteiger partial charge in [0.15, 0.2) is 11.6 Å². The Balaban J connectivity index is 2.28. The first-order valence-electron chi connectivity index (χ1n) is 5.23. The second-order valence-corrected chi connectivity index (χ2v) is 5.18. The standard InChI is InChI=1S/C12H11N3OS/c1-6-3-4-16-9(6)11-14-10(13)8-5-7(2)17-12(8)15-11/h3-5H,1-2H3,(H2,13,14,15). The van der Waals surface area contributed by atoms with E-state index in [-0.39, 0.29) is 0 Å². The molecule has 17 heavy (non-hydrogen) atoms. The molecule has 3 rings (SSSR count). The van der Waals surface area contributed by atoms with Crippen molar-refractivity contribution in [1.82, 2.24) is 9.97 Å². The van der Waals surface area contributed by atoms with Gasteiger partial charge in [0.25, 0.3) is 0 Å². The molecular weight excluding hydrogens is 234 g/mol. The average molecular weight is 245 g/mol. The number of anilines is 1. The van der Waals surface area contributed by atoms with E-state index in [1.54, 1.807) is 17.6 Å². The minimum atomic E-state index is 0.505. The lowest BCUT2D eigenvalue weighted by molar-refractivity contribution is 0.576. The summed E-state index contributed by atoms with van der Waals surface area (Å²) in [5.41, 5.74) is 6.95. The molecule has 0 saturated carbocycles. The fourth-order valence-corrected chi connectivity index (χ4v) is 2.65. The highest BCUT2D eigenvalue weighted by Crippen LogP contribution is 2.30. The first kappa shape index (κ1) is 10.3. The molecule has 0 aliphatic heterocycles. The highest BCUT2D eigenvalue weighted by molar-refractivity contribution is 7.18. The molecule has 0 saturated heterocycles. The number of nitrogens with two attached hydrogens (primary N) is 1. The molecule has 3 heterocycles. The number of fused-ring (bicyclic) bond motifs is 1. The van der Waals surface area contributed by atoms with Gasteiger partial charge in [0.2, 0.25) is 0 Å². The molecule has 0 spiro atoms. The summed E-state index contributed by atoms with van der Waals surface area (Å²) in [6.07, 6.45) is 1.63. The second-order valence-electron chi connectivity index (χ2n) is 3.94. The molecule has 0 amide bonds. The Labute approximate surface area is 102 Å². The normalized spacial score (nSPS) is 11.2. The van der Waals surface area contributed by atoms with Gasteiger partial charge in [-0.3, -0.25) is 0 Å². The maximum atomic E-state index is 5.94. The van der Waals surface area contributed by atoms with Gasteiger partial charge < -0.3 is 10.2 Å². The van der Waals surface area contributed by atoms with E-state index in [4.69, 9.17) is 10.2 Å². The number of nitrogen functional groups attached to an aromatic ring is 1. The lowest BCUT2D eigenvalue weighted by atomic mass is 10.2. The lowest BCUT2D eigenvalue weighted by Crippen LogP contribution is -1.96. The Bertz CT molecular complexity index is 699. The van der Waals surface area contributed by atoms with Crippen molar-refractivity contribution < 1.29 is 4.42 Å². The molecule has 0 aliphatic rings. The van der Waals surface area contributed by atoms with Crippen LogP contribution >= 0.6 is 11.3 Å². The largest absolute Gasteiger partial charge is 0.461 e. The van der Waals surface area contributed by atoms with E-state index in [0.717, 1.165) is 15.8 Å². The SMILES string of the molecule is Cc1cc2c(N)nc(-c3occc3C)nc2s1. The topological polar surface area (TPSA) is 64.9 Å². The fourth-order valence-electron chi connectivity index (χ4n) is 1.77. The van der Waals surface area contributed by atoms with Crippen LogP contribution in [0.2, 0.25) is 0 Å². The molecule has 0 bridgehead atoms. The fraction of sp³-hybridized carbons (Fsp3) is 0.167. The molecule has 2 N–H and O–H groups in total. The zero-order valence-corrected chi connectivity index (χ0v) is 10.3. The summed E-state index contributed by atoms with van der Waals surface area (Å²) in [5.74, 6) is 1.74. The van der Waals surface area contributed by atoms with E-state index in [1.165, 1.54) is 4.88 Å². The van der Waals surface area contributed by atoms with E-state index in [9.17, 15) is 0 Å². The third-order valence-electron chi connectivity index (χ3n) is 2.61. The van der Waals surface area contributed by atoms with Crippen molar-refractivity contribution in [2.75, 3.05) is 5.73 Å². The van der Waals surface area contributed by atoms with Gasteiger partial charge in [0, 0.05) is 4.88 Å². The van der Waals surface area contributed by atoms with Crippen molar-refractivity contribution in [3.8, 4) is 11.6 Å². The average Bonchev–Trinajstić information content (AvgIpc) is 2.83. The summed E-state index contributed by atoms with van der Waals surface area (Å²) in [7, 11) is 0. The quantitative estimate of drug-likeness (QED) is 0.715. The number of hydrogen-bond donors (Lipinski definition) is 1. The molecule has 0 unspecified atom stereocenters. The molecular formula is C12H11N3OS. The first-order chi connectivity index (χ1) is 8.15. The van der Waals surface area contributed by atoms with Crippen LogP contribution in [0.5, 0.6) is 0 Å². The number of rotatable bonds is 1. The zero-order chi connectivity index (χ0) is 12.0. The van der Waals surface area contributed by atoms with Crippen LogP contribution in [0.1, 0.15) is 10.4 Å². The minimum Gasteiger partial charge on any atom is -0.461 e. The Kier molecular flexibility index (Phi) is 2.16. The summed E-state index contributed by atoms with van der Waals surface area (Å²) >= 11 is 1.61. The monoisotopic (exact) mass is 245 g/mol. The molecule has 0 aromatic carbocycles. The second kappa shape index (κ2) is 3.56. The minimum absolute atomic E-state index is 0.505. The smallest absolute Gasteiger partial charge is 0.199 e. The van der Waals surface area contributed by atoms with Crippen LogP contribution in [0, 0.1) is 13.8 Å². The number of aromatic nitrogens is 2. The van der Waals surface area contributed by atoms with Crippen molar-refractivity contribution in [3.63, 3.8) is 0 Å². The molecule has 0 radical (unpaired) electrons. The maximum Gasteiger partial charge on any atom is 0.199 e. The molecule has 0 aliphatic carbocycles. The summed E-state index contributed by atoms with van der Waals surface area (Å²) in [6.45, 7) is 3.99. The lowest BCUT2D eigenvalue weighted by Gasteiger charge is -2.00. The predicted molar refractivity (Wildman–Crippen MR) is 69.0 cm³/mol. The number of furan rings is 1. The van der Waals surface area contributed by atoms with Crippen molar-refractivity contribution in [1.29, 1.82) is 0 Å². The summed E-state index contributed by atoms with van der Waals surface area (Å²) in [4.78, 5) is 10.9. The van der Waals surface area contributed by atoms with Crippen LogP contribution in [-0.2, 0) is 0 Å². The van der Waals surface area contributed by atoms with Gasteiger partial charge in [-0.1, -0.05) is 0 Å². The van der Waals surface area contributed by atoms with Crippen molar-refractivity contribution >= 4 is 27.4 Å². The Morgan fingerprint density at radius 3 is 2.82 bits per heavy atom. The molecule has 3 aromatic rings. The van der Waals surface area contributed by atoms with Crippen LogP contribution in [0.4, 0.5) is 5.82 Å². The number of hydrogen-bond acceptors (Lipinski definition) is 5. The molecule has 4 nitrogen and oxygen atoms in total. The summed E-state index contributed by atoms with van der Waals surface area (Å²) < 4.78 is 5.39. The zero-order valence-electron chi connectivity index (χ0n) is 9.52. The van der Waals surface area contributed by atoms with Gasteiger partial charge >= 0.3 is 0 Å². The molecule has 5 heteroatoms. The van der Waals surface area contributed by atoms with Crippen LogP contribution in [0.15, 0.2) is 22.8 Å². The Hall–Kier alpha value is -1.88. The number of aryl methyl sites for hydroxylation is 2. The van der Waals surface area contributed by atoms with E-state index in [0.29, 0.717) is 17.4 Å². The van der Waals surface area contributed by atoms with Gasteiger partial charge in [0.05, 0.1) is 11.6 Å². The van der Waals surface area contributed by atoms with Crippen LogP contribution < -0.4 is 5.73 Å². The third kappa shape index (κ3) is 1.59. The van der Waals surface area contributed by atoms with Gasteiger partial charge in [-0.25, -0.2) is 9.97 Å². The van der Waals surface area contributed by atoms with Crippen LogP contribution in [0.3, 0.4) is 0 Å². The van der Waals surface area contributed by atoms with E-state index in [2.05, 4.69) is 9.97 Å². The molecule has 0 atom stereocenters. The Morgan fingerprint density at radius 1 is 1.29 bits per heavy atom. The highest BCUT2D eigenvalue weighted by atomic mass is 32.1. The summed E-state index contributed by atoms with van der Waals surface area (Å²) in [6, 6.07) is 3.90. The molecule has 0 fully saturated rings. The first-order valence-corrected chi connectivity index (χ1v) is 6.05. The van der Waals surface area contributed by atoms with Crippen LogP contribution in [0.25, 0.3) is 21.8 Å². The van der Waals surface area contributed by atoms with Gasteiger partial charge in [-0.2, -0.15) is 0 Å². The molecule has 86 valence electrons. The molecule has 3 aromatic heterocycles. The van der Waals surface area contributed by atoms with Crippen molar-refractivity contribution in [2.24, 2.45) is 0 Å². The van der Waals surface area contributed by atoms with Gasteiger partial charge in [0.1, 0.15) is 10.6 Å². The summed E-state index contributed by atoms with van der Waals surface area (Å²) in [5, 5.41) is 0.917. The van der Waals surface area contributed by atoms with Crippen LogP contribution in [-0.4, -0.2) is 9.97 Å². The predicted octanol–water partition coefficient (Wildman–Crippen LogP) is 3.15. The van der Waals surface area contributed by atoms with Gasteiger partial charge in [-0.15, -0.1) is 11.3 Å². The van der Waals surface area contributed by atoms with E-state index < -0.39 is 0 Å². The van der Waals surface area contributed by atoms with E-state index in [1.807, 2.05) is 26.0 Å². The van der Waals surface area contributed by atoms with E-state index >= 15 is 0 Å². The number of thiophene rings is 1.